The summed E-state index contributed by atoms with van der Waals surface area (Å²) in [4.78, 5) is 12.5. The molecule has 2 rings (SSSR count). The van der Waals surface area contributed by atoms with Gasteiger partial charge in [0, 0.05) is 6.61 Å². The molecule has 0 radical (unpaired) electrons. The van der Waals surface area contributed by atoms with E-state index in [-0.39, 0.29) is 17.4 Å². The zero-order valence-corrected chi connectivity index (χ0v) is 10.8. The Morgan fingerprint density at radius 1 is 1.47 bits per heavy atom. The van der Waals surface area contributed by atoms with Crippen LogP contribution in [0.25, 0.3) is 0 Å². The van der Waals surface area contributed by atoms with E-state index >= 15 is 0 Å². The second-order valence-corrected chi connectivity index (χ2v) is 5.31. The highest BCUT2D eigenvalue weighted by atomic mass is 16.5. The fraction of sp³-hybridized carbons (Fsp3) is 0.923. The molecule has 0 aromatic heterocycles. The highest BCUT2D eigenvalue weighted by molar-refractivity contribution is 5.83. The highest BCUT2D eigenvalue weighted by Crippen LogP contribution is 2.34. The van der Waals surface area contributed by atoms with Crippen LogP contribution >= 0.6 is 0 Å². The van der Waals surface area contributed by atoms with Crippen molar-refractivity contribution in [3.05, 3.63) is 0 Å². The van der Waals surface area contributed by atoms with Gasteiger partial charge in [-0.1, -0.05) is 13.3 Å². The van der Waals surface area contributed by atoms with E-state index in [4.69, 9.17) is 4.74 Å². The van der Waals surface area contributed by atoms with Gasteiger partial charge in [-0.3, -0.25) is 4.79 Å². The summed E-state index contributed by atoms with van der Waals surface area (Å²) < 4.78 is 5.31. The van der Waals surface area contributed by atoms with Gasteiger partial charge >= 0.3 is 0 Å². The van der Waals surface area contributed by atoms with Crippen LogP contribution in [0.2, 0.25) is 0 Å². The molecule has 17 heavy (non-hydrogen) atoms. The SMILES string of the molecule is CCCC1(C(=O)NC2CCOC2)CCNCC1. The maximum atomic E-state index is 12.5. The first-order chi connectivity index (χ1) is 8.27. The first-order valence-electron chi connectivity index (χ1n) is 6.86. The van der Waals surface area contributed by atoms with Crippen molar-refractivity contribution in [3.63, 3.8) is 0 Å². The van der Waals surface area contributed by atoms with Crippen LogP contribution in [0.3, 0.4) is 0 Å². The van der Waals surface area contributed by atoms with Crippen LogP contribution in [0.5, 0.6) is 0 Å². The highest BCUT2D eigenvalue weighted by Gasteiger charge is 2.39. The minimum atomic E-state index is -0.122. The smallest absolute Gasteiger partial charge is 0.226 e. The Bertz CT molecular complexity index is 251. The largest absolute Gasteiger partial charge is 0.379 e. The van der Waals surface area contributed by atoms with Gasteiger partial charge in [-0.25, -0.2) is 0 Å². The van der Waals surface area contributed by atoms with Gasteiger partial charge in [-0.2, -0.15) is 0 Å². The molecule has 1 atom stereocenters. The van der Waals surface area contributed by atoms with Crippen LogP contribution in [0.4, 0.5) is 0 Å². The fourth-order valence-electron chi connectivity index (χ4n) is 2.96. The molecule has 2 heterocycles. The van der Waals surface area contributed by atoms with Crippen molar-refractivity contribution in [2.45, 2.75) is 45.1 Å². The Balaban J connectivity index is 1.96. The molecule has 0 aliphatic carbocycles. The van der Waals surface area contributed by atoms with Crippen molar-refractivity contribution in [2.75, 3.05) is 26.3 Å². The second-order valence-electron chi connectivity index (χ2n) is 5.31. The van der Waals surface area contributed by atoms with Crippen LogP contribution in [0, 0.1) is 5.41 Å². The molecule has 0 aromatic carbocycles. The minimum absolute atomic E-state index is 0.122. The molecular formula is C13H24N2O2. The molecule has 2 saturated heterocycles. The topological polar surface area (TPSA) is 50.4 Å². The second kappa shape index (κ2) is 5.83. The summed E-state index contributed by atoms with van der Waals surface area (Å²) in [6.07, 6.45) is 5.00. The van der Waals surface area contributed by atoms with E-state index in [2.05, 4.69) is 17.6 Å². The summed E-state index contributed by atoms with van der Waals surface area (Å²) in [6, 6.07) is 0.242. The summed E-state index contributed by atoms with van der Waals surface area (Å²) in [7, 11) is 0. The van der Waals surface area contributed by atoms with Crippen molar-refractivity contribution >= 4 is 5.91 Å². The van der Waals surface area contributed by atoms with Gasteiger partial charge < -0.3 is 15.4 Å². The number of hydrogen-bond donors (Lipinski definition) is 2. The van der Waals surface area contributed by atoms with E-state index in [0.717, 1.165) is 51.8 Å². The number of ether oxygens (including phenoxy) is 1. The summed E-state index contributed by atoms with van der Waals surface area (Å²) in [6.45, 7) is 5.57. The standard InChI is InChI=1S/C13H24N2O2/c1-2-4-13(5-7-14-8-6-13)12(16)15-11-3-9-17-10-11/h11,14H,2-10H2,1H3,(H,15,16). The summed E-state index contributed by atoms with van der Waals surface area (Å²) >= 11 is 0. The molecule has 0 saturated carbocycles. The van der Waals surface area contributed by atoms with Gasteiger partial charge in [0.1, 0.15) is 0 Å². The van der Waals surface area contributed by atoms with E-state index in [1.165, 1.54) is 0 Å². The van der Waals surface area contributed by atoms with Crippen LogP contribution in [0.1, 0.15) is 39.0 Å². The number of rotatable bonds is 4. The first-order valence-corrected chi connectivity index (χ1v) is 6.86. The molecule has 98 valence electrons. The number of carbonyl (C=O) groups is 1. The Morgan fingerprint density at radius 3 is 2.82 bits per heavy atom. The van der Waals surface area contributed by atoms with Gasteiger partial charge in [-0.05, 0) is 38.8 Å². The third kappa shape index (κ3) is 2.99. The lowest BCUT2D eigenvalue weighted by molar-refractivity contribution is -0.134. The third-order valence-electron chi connectivity index (χ3n) is 4.04. The van der Waals surface area contributed by atoms with E-state index in [1.807, 2.05) is 0 Å². The number of piperidine rings is 1. The molecule has 4 nitrogen and oxygen atoms in total. The number of carbonyl (C=O) groups excluding carboxylic acids is 1. The molecule has 0 aromatic rings. The molecule has 2 aliphatic rings. The minimum Gasteiger partial charge on any atom is -0.379 e. The molecule has 2 aliphatic heterocycles. The monoisotopic (exact) mass is 240 g/mol. The Hall–Kier alpha value is -0.610. The van der Waals surface area contributed by atoms with Crippen molar-refractivity contribution < 1.29 is 9.53 Å². The Kier molecular flexibility index (Phi) is 4.40. The molecule has 0 spiro atoms. The van der Waals surface area contributed by atoms with Crippen LogP contribution in [0.15, 0.2) is 0 Å². The van der Waals surface area contributed by atoms with Crippen LogP contribution in [-0.4, -0.2) is 38.3 Å². The average Bonchev–Trinajstić information content (AvgIpc) is 2.83. The van der Waals surface area contributed by atoms with Crippen molar-refractivity contribution in [2.24, 2.45) is 5.41 Å². The summed E-state index contributed by atoms with van der Waals surface area (Å²) in [5.74, 6) is 0.261. The van der Waals surface area contributed by atoms with Gasteiger partial charge in [0.2, 0.25) is 5.91 Å². The van der Waals surface area contributed by atoms with E-state index in [1.54, 1.807) is 0 Å². The van der Waals surface area contributed by atoms with Crippen LogP contribution in [-0.2, 0) is 9.53 Å². The van der Waals surface area contributed by atoms with E-state index in [0.29, 0.717) is 6.61 Å². The van der Waals surface area contributed by atoms with Gasteiger partial charge in [0.05, 0.1) is 18.1 Å². The molecular weight excluding hydrogens is 216 g/mol. The molecule has 1 unspecified atom stereocenters. The molecule has 4 heteroatoms. The number of nitrogens with one attached hydrogen (secondary N) is 2. The summed E-state index contributed by atoms with van der Waals surface area (Å²) in [5, 5.41) is 6.52. The number of amides is 1. The zero-order valence-electron chi connectivity index (χ0n) is 10.8. The normalized spacial score (nSPS) is 27.9. The lowest BCUT2D eigenvalue weighted by Gasteiger charge is -2.36. The Labute approximate surface area is 103 Å². The molecule has 1 amide bonds. The molecule has 0 bridgehead atoms. The fourth-order valence-corrected chi connectivity index (χ4v) is 2.96. The quantitative estimate of drug-likeness (QED) is 0.772. The first kappa shape index (κ1) is 12.8. The zero-order chi connectivity index (χ0) is 12.1. The van der Waals surface area contributed by atoms with Crippen molar-refractivity contribution in [3.8, 4) is 0 Å². The molecule has 2 fully saturated rings. The third-order valence-corrected chi connectivity index (χ3v) is 4.04. The lowest BCUT2D eigenvalue weighted by atomic mass is 9.74. The summed E-state index contributed by atoms with van der Waals surface area (Å²) in [5.41, 5.74) is -0.122. The Morgan fingerprint density at radius 2 is 2.24 bits per heavy atom. The predicted octanol–water partition coefficient (Wildman–Crippen LogP) is 1.06. The van der Waals surface area contributed by atoms with Crippen molar-refractivity contribution in [1.29, 1.82) is 0 Å². The maximum absolute atomic E-state index is 12.5. The predicted molar refractivity (Wildman–Crippen MR) is 66.8 cm³/mol. The van der Waals surface area contributed by atoms with E-state index in [9.17, 15) is 4.79 Å². The van der Waals surface area contributed by atoms with Gasteiger partial charge in [0.15, 0.2) is 0 Å². The van der Waals surface area contributed by atoms with Gasteiger partial charge in [0.25, 0.3) is 0 Å². The molecule has 2 N–H and O–H groups in total. The lowest BCUT2D eigenvalue weighted by Crippen LogP contribution is -2.50. The maximum Gasteiger partial charge on any atom is 0.226 e. The van der Waals surface area contributed by atoms with Crippen LogP contribution < -0.4 is 10.6 Å². The average molecular weight is 240 g/mol. The number of hydrogen-bond acceptors (Lipinski definition) is 3. The van der Waals surface area contributed by atoms with Gasteiger partial charge in [-0.15, -0.1) is 0 Å². The van der Waals surface area contributed by atoms with E-state index < -0.39 is 0 Å². The van der Waals surface area contributed by atoms with Crippen molar-refractivity contribution in [1.82, 2.24) is 10.6 Å².